The molecule has 27 heavy (non-hydrogen) atoms. The predicted octanol–water partition coefficient (Wildman–Crippen LogP) is 4.12. The second-order valence-corrected chi connectivity index (χ2v) is 7.39. The van der Waals surface area contributed by atoms with Gasteiger partial charge in [-0.15, -0.1) is 0 Å². The van der Waals surface area contributed by atoms with Crippen LogP contribution in [0, 0.1) is 5.82 Å². The Labute approximate surface area is 162 Å². The van der Waals surface area contributed by atoms with Gasteiger partial charge in [0.15, 0.2) is 0 Å². The Hall–Kier alpha value is -2.44. The second kappa shape index (κ2) is 8.50. The molecule has 0 atom stereocenters. The molecule has 0 saturated carbocycles. The quantitative estimate of drug-likeness (QED) is 0.673. The van der Waals surface area contributed by atoms with E-state index in [2.05, 4.69) is 0 Å². The first-order valence-electron chi connectivity index (χ1n) is 8.68. The van der Waals surface area contributed by atoms with Gasteiger partial charge < -0.3 is 4.74 Å². The van der Waals surface area contributed by atoms with E-state index < -0.39 is 5.82 Å². The van der Waals surface area contributed by atoms with Gasteiger partial charge in [0.1, 0.15) is 5.82 Å². The van der Waals surface area contributed by atoms with Crippen LogP contribution in [-0.4, -0.2) is 36.0 Å². The van der Waals surface area contributed by atoms with Crippen molar-refractivity contribution < 1.29 is 18.7 Å². The molecule has 0 fully saturated rings. The van der Waals surface area contributed by atoms with Crippen LogP contribution in [-0.2, 0) is 14.3 Å². The lowest BCUT2D eigenvalue weighted by Gasteiger charge is -2.16. The first-order chi connectivity index (χ1) is 13.0. The van der Waals surface area contributed by atoms with E-state index >= 15 is 0 Å². The molecule has 140 valence electrons. The average molecular weight is 385 g/mol. The Morgan fingerprint density at radius 3 is 2.30 bits per heavy atom. The molecule has 0 saturated heterocycles. The van der Waals surface area contributed by atoms with Gasteiger partial charge in [0.25, 0.3) is 11.8 Å². The van der Waals surface area contributed by atoms with Crippen LogP contribution in [0.4, 0.5) is 4.39 Å². The third-order valence-corrected chi connectivity index (χ3v) is 5.08. The van der Waals surface area contributed by atoms with Crippen LogP contribution in [0.25, 0.3) is 5.57 Å². The maximum atomic E-state index is 13.3. The number of halogens is 1. The van der Waals surface area contributed by atoms with Crippen LogP contribution in [0.5, 0.6) is 0 Å². The first kappa shape index (κ1) is 19.3. The molecular weight excluding hydrogens is 365 g/mol. The predicted molar refractivity (Wildman–Crippen MR) is 103 cm³/mol. The lowest BCUT2D eigenvalue weighted by Crippen LogP contribution is -2.35. The fraction of sp³-hybridized carbons (Fsp3) is 0.238. The molecule has 6 heteroatoms. The van der Waals surface area contributed by atoms with Crippen molar-refractivity contribution in [3.63, 3.8) is 0 Å². The van der Waals surface area contributed by atoms with Crippen molar-refractivity contribution in [2.24, 2.45) is 0 Å². The molecule has 2 aromatic carbocycles. The highest BCUT2D eigenvalue weighted by Crippen LogP contribution is 2.39. The standard InChI is InChI=1S/C21H20FNO3S/c1-14(2)26-13-12-23-20(24)18(15-8-10-16(22)11-9-15)19(21(23)25)27-17-6-4-3-5-7-17/h3-11,14H,12-13H2,1-2H3. The highest BCUT2D eigenvalue weighted by Gasteiger charge is 2.39. The van der Waals surface area contributed by atoms with Gasteiger partial charge in [-0.1, -0.05) is 42.1 Å². The number of hydrogen-bond acceptors (Lipinski definition) is 4. The number of ether oxygens (including phenoxy) is 1. The number of carbonyl (C=O) groups is 2. The van der Waals surface area contributed by atoms with Crippen LogP contribution in [0.3, 0.4) is 0 Å². The van der Waals surface area contributed by atoms with E-state index in [0.29, 0.717) is 16.0 Å². The maximum absolute atomic E-state index is 13.3. The number of hydrogen-bond donors (Lipinski definition) is 0. The van der Waals surface area contributed by atoms with Gasteiger partial charge in [-0.25, -0.2) is 4.39 Å². The Balaban J connectivity index is 1.94. The molecule has 0 spiro atoms. The van der Waals surface area contributed by atoms with Crippen LogP contribution in [0.1, 0.15) is 19.4 Å². The van der Waals surface area contributed by atoms with Crippen molar-refractivity contribution in [3.05, 3.63) is 70.9 Å². The lowest BCUT2D eigenvalue weighted by molar-refractivity contribution is -0.137. The van der Waals surface area contributed by atoms with Gasteiger partial charge in [0.2, 0.25) is 0 Å². The topological polar surface area (TPSA) is 46.6 Å². The second-order valence-electron chi connectivity index (χ2n) is 6.31. The SMILES string of the molecule is CC(C)OCCN1C(=O)C(Sc2ccccc2)=C(c2ccc(F)cc2)C1=O. The van der Waals surface area contributed by atoms with Crippen molar-refractivity contribution in [3.8, 4) is 0 Å². The molecule has 2 aromatic rings. The minimum atomic E-state index is -0.393. The summed E-state index contributed by atoms with van der Waals surface area (Å²) in [7, 11) is 0. The zero-order chi connectivity index (χ0) is 19.4. The summed E-state index contributed by atoms with van der Waals surface area (Å²) >= 11 is 1.25. The van der Waals surface area contributed by atoms with E-state index in [1.807, 2.05) is 44.2 Å². The van der Waals surface area contributed by atoms with Gasteiger partial charge in [-0.2, -0.15) is 0 Å². The summed E-state index contributed by atoms with van der Waals surface area (Å²) in [5.41, 5.74) is 0.832. The van der Waals surface area contributed by atoms with Gasteiger partial charge in [-0.05, 0) is 43.7 Å². The molecule has 1 heterocycles. The van der Waals surface area contributed by atoms with Crippen molar-refractivity contribution in [2.75, 3.05) is 13.2 Å². The molecule has 2 amide bonds. The monoisotopic (exact) mass is 385 g/mol. The fourth-order valence-electron chi connectivity index (χ4n) is 2.71. The van der Waals surface area contributed by atoms with Crippen molar-refractivity contribution in [2.45, 2.75) is 24.8 Å². The Morgan fingerprint density at radius 1 is 1.00 bits per heavy atom. The third kappa shape index (κ3) is 4.46. The molecule has 0 aliphatic carbocycles. The number of benzene rings is 2. The highest BCUT2D eigenvalue weighted by atomic mass is 32.2. The summed E-state index contributed by atoms with van der Waals surface area (Å²) in [4.78, 5) is 28.3. The summed E-state index contributed by atoms with van der Waals surface area (Å²) in [5, 5.41) is 0. The van der Waals surface area contributed by atoms with Crippen molar-refractivity contribution in [1.82, 2.24) is 4.90 Å². The first-order valence-corrected chi connectivity index (χ1v) is 9.50. The van der Waals surface area contributed by atoms with Crippen LogP contribution in [0.2, 0.25) is 0 Å². The van der Waals surface area contributed by atoms with Gasteiger partial charge >= 0.3 is 0 Å². The molecule has 0 radical (unpaired) electrons. The van der Waals surface area contributed by atoms with Crippen LogP contribution >= 0.6 is 11.8 Å². The summed E-state index contributed by atoms with van der Waals surface area (Å²) in [6.07, 6.45) is 0.0144. The molecule has 0 aromatic heterocycles. The van der Waals surface area contributed by atoms with E-state index in [-0.39, 0.29) is 31.1 Å². The number of carbonyl (C=O) groups excluding carboxylic acids is 2. The minimum Gasteiger partial charge on any atom is -0.377 e. The van der Waals surface area contributed by atoms with Crippen molar-refractivity contribution >= 4 is 29.1 Å². The number of rotatable bonds is 7. The molecule has 0 N–H and O–H groups in total. The summed E-state index contributed by atoms with van der Waals surface area (Å²) in [6.45, 7) is 4.24. The smallest absolute Gasteiger partial charge is 0.268 e. The van der Waals surface area contributed by atoms with Crippen LogP contribution in [0.15, 0.2) is 64.4 Å². The summed E-state index contributed by atoms with van der Waals surface area (Å²) in [6, 6.07) is 15.0. The largest absolute Gasteiger partial charge is 0.377 e. The van der Waals surface area contributed by atoms with E-state index in [1.54, 1.807) is 0 Å². The summed E-state index contributed by atoms with van der Waals surface area (Å²) < 4.78 is 18.8. The zero-order valence-electron chi connectivity index (χ0n) is 15.1. The average Bonchev–Trinajstić information content (AvgIpc) is 2.87. The van der Waals surface area contributed by atoms with E-state index in [0.717, 1.165) is 4.90 Å². The molecule has 0 unspecified atom stereocenters. The molecule has 1 aliphatic rings. The Morgan fingerprint density at radius 2 is 1.67 bits per heavy atom. The van der Waals surface area contributed by atoms with E-state index in [9.17, 15) is 14.0 Å². The number of imide groups is 1. The van der Waals surface area contributed by atoms with Crippen molar-refractivity contribution in [1.29, 1.82) is 0 Å². The third-order valence-electron chi connectivity index (χ3n) is 3.99. The fourth-order valence-corrected chi connectivity index (χ4v) is 3.74. The number of nitrogens with zero attached hydrogens (tertiary/aromatic N) is 1. The maximum Gasteiger partial charge on any atom is 0.268 e. The normalized spacial score (nSPS) is 14.6. The van der Waals surface area contributed by atoms with Gasteiger partial charge in [0, 0.05) is 4.90 Å². The summed E-state index contributed by atoms with van der Waals surface area (Å²) in [5.74, 6) is -1.12. The molecule has 3 rings (SSSR count). The molecule has 4 nitrogen and oxygen atoms in total. The molecular formula is C21H20FNO3S. The highest BCUT2D eigenvalue weighted by molar-refractivity contribution is 8.04. The van der Waals surface area contributed by atoms with E-state index in [1.165, 1.54) is 40.9 Å². The number of thioether (sulfide) groups is 1. The zero-order valence-corrected chi connectivity index (χ0v) is 16.0. The van der Waals surface area contributed by atoms with Gasteiger partial charge in [0.05, 0.1) is 29.7 Å². The van der Waals surface area contributed by atoms with Gasteiger partial charge in [-0.3, -0.25) is 14.5 Å². The lowest BCUT2D eigenvalue weighted by atomic mass is 10.1. The Bertz CT molecular complexity index is 863. The minimum absolute atomic E-state index is 0.0144. The number of amides is 2. The van der Waals surface area contributed by atoms with E-state index in [4.69, 9.17) is 4.74 Å². The molecule has 0 bridgehead atoms. The molecule has 1 aliphatic heterocycles. The Kier molecular flexibility index (Phi) is 6.08. The van der Waals surface area contributed by atoms with Crippen LogP contribution < -0.4 is 0 Å².